The van der Waals surface area contributed by atoms with Gasteiger partial charge in [-0.25, -0.2) is 9.18 Å². The minimum atomic E-state index is -1.31. The molecule has 0 radical (unpaired) electrons. The fourth-order valence-corrected chi connectivity index (χ4v) is 5.23. The fourth-order valence-electron chi connectivity index (χ4n) is 4.17. The molecule has 0 saturated carbocycles. The number of anilines is 1. The Morgan fingerprint density at radius 2 is 1.81 bits per heavy atom. The highest BCUT2D eigenvalue weighted by Crippen LogP contribution is 2.33. The maximum Gasteiger partial charge on any atom is 0.342 e. The van der Waals surface area contributed by atoms with Gasteiger partial charge in [-0.05, 0) is 24.7 Å². The molecule has 0 bridgehead atoms. The van der Waals surface area contributed by atoms with Gasteiger partial charge in [0.2, 0.25) is 5.43 Å². The minimum Gasteiger partial charge on any atom is -0.477 e. The van der Waals surface area contributed by atoms with E-state index in [-0.39, 0.29) is 10.9 Å². The molecule has 0 spiro atoms. The van der Waals surface area contributed by atoms with Crippen LogP contribution in [0.2, 0.25) is 0 Å². The van der Waals surface area contributed by atoms with Crippen molar-refractivity contribution in [2.45, 2.75) is 0 Å². The largest absolute Gasteiger partial charge is 0.477 e. The number of fused-ring (bicyclic) bond motifs is 3. The Balaban J connectivity index is 1.85. The van der Waals surface area contributed by atoms with Crippen molar-refractivity contribution >= 4 is 38.7 Å². The zero-order chi connectivity index (χ0) is 21.7. The first-order chi connectivity index (χ1) is 15.0. The zero-order valence-corrected chi connectivity index (χ0v) is 17.7. The molecule has 2 aromatic heterocycles. The third kappa shape index (κ3) is 3.19. The highest BCUT2D eigenvalue weighted by Gasteiger charge is 2.24. The van der Waals surface area contributed by atoms with Crippen LogP contribution in [0.15, 0.2) is 52.6 Å². The Bertz CT molecular complexity index is 1370. The molecule has 1 fully saturated rings. The summed E-state index contributed by atoms with van der Waals surface area (Å²) in [6.07, 6.45) is 0. The molecular weight excluding hydrogens is 417 g/mol. The minimum absolute atomic E-state index is 0.0702. The predicted molar refractivity (Wildman–Crippen MR) is 121 cm³/mol. The number of halogens is 1. The van der Waals surface area contributed by atoms with Gasteiger partial charge in [-0.2, -0.15) is 0 Å². The molecule has 1 aliphatic rings. The van der Waals surface area contributed by atoms with Crippen molar-refractivity contribution in [2.75, 3.05) is 38.1 Å². The van der Waals surface area contributed by atoms with Gasteiger partial charge in [0.15, 0.2) is 0 Å². The predicted octanol–water partition coefficient (Wildman–Crippen LogP) is 3.77. The quantitative estimate of drug-likeness (QED) is 0.529. The SMILES string of the molecule is CN1CCN(c2cc3c(cc2F)c(=O)c(C(=O)O)c2scc(-c4ccccc4)n23)CC1. The summed E-state index contributed by atoms with van der Waals surface area (Å²) in [6, 6.07) is 12.4. The van der Waals surface area contributed by atoms with E-state index in [2.05, 4.69) is 4.90 Å². The second kappa shape index (κ2) is 7.47. The number of likely N-dealkylation sites (N-methyl/N-ethyl adjacent to an activating group) is 1. The number of hydrogen-bond acceptors (Lipinski definition) is 5. The smallest absolute Gasteiger partial charge is 0.342 e. The maximum atomic E-state index is 15.1. The number of hydrogen-bond donors (Lipinski definition) is 1. The van der Waals surface area contributed by atoms with E-state index in [1.807, 2.05) is 47.7 Å². The van der Waals surface area contributed by atoms with Gasteiger partial charge in [0.1, 0.15) is 16.2 Å². The molecule has 8 heteroatoms. The number of aromatic carboxylic acids is 1. The molecule has 1 aliphatic heterocycles. The number of rotatable bonds is 3. The molecule has 158 valence electrons. The summed E-state index contributed by atoms with van der Waals surface area (Å²) in [5.41, 5.74) is 1.62. The molecule has 0 atom stereocenters. The van der Waals surface area contributed by atoms with Crippen molar-refractivity contribution in [2.24, 2.45) is 0 Å². The van der Waals surface area contributed by atoms with Crippen molar-refractivity contribution in [3.8, 4) is 11.3 Å². The van der Waals surface area contributed by atoms with Gasteiger partial charge in [-0.3, -0.25) is 9.20 Å². The first-order valence-corrected chi connectivity index (χ1v) is 10.9. The molecule has 0 amide bonds. The van der Waals surface area contributed by atoms with Crippen molar-refractivity contribution in [3.05, 3.63) is 69.4 Å². The number of pyridine rings is 1. The molecule has 2 aromatic carbocycles. The molecule has 0 unspecified atom stereocenters. The van der Waals surface area contributed by atoms with E-state index in [4.69, 9.17) is 0 Å². The van der Waals surface area contributed by atoms with Crippen LogP contribution in [0, 0.1) is 5.82 Å². The average molecular weight is 437 g/mol. The van der Waals surface area contributed by atoms with E-state index in [9.17, 15) is 14.7 Å². The molecule has 6 nitrogen and oxygen atoms in total. The number of benzene rings is 2. The normalized spacial score (nSPS) is 15.1. The first-order valence-electron chi connectivity index (χ1n) is 9.97. The average Bonchev–Trinajstić information content (AvgIpc) is 3.19. The number of carboxylic acid groups (broad SMARTS) is 1. The molecule has 1 saturated heterocycles. The van der Waals surface area contributed by atoms with Crippen LogP contribution < -0.4 is 10.3 Å². The van der Waals surface area contributed by atoms with Crippen molar-refractivity contribution < 1.29 is 14.3 Å². The van der Waals surface area contributed by atoms with Gasteiger partial charge in [0, 0.05) is 31.6 Å². The summed E-state index contributed by atoms with van der Waals surface area (Å²) in [5, 5.41) is 11.7. The summed E-state index contributed by atoms with van der Waals surface area (Å²) in [5.74, 6) is -1.82. The van der Waals surface area contributed by atoms with E-state index in [1.54, 1.807) is 10.5 Å². The summed E-state index contributed by atoms with van der Waals surface area (Å²) in [4.78, 5) is 29.5. The van der Waals surface area contributed by atoms with Gasteiger partial charge < -0.3 is 14.9 Å². The number of piperazine rings is 1. The summed E-state index contributed by atoms with van der Waals surface area (Å²) >= 11 is 1.21. The molecule has 1 N–H and O–H groups in total. The van der Waals surface area contributed by atoms with Crippen LogP contribution in [-0.4, -0.2) is 53.6 Å². The van der Waals surface area contributed by atoms with Gasteiger partial charge in [0.25, 0.3) is 0 Å². The van der Waals surface area contributed by atoms with Crippen LogP contribution in [0.25, 0.3) is 27.0 Å². The zero-order valence-electron chi connectivity index (χ0n) is 16.8. The van der Waals surface area contributed by atoms with Crippen LogP contribution in [0.1, 0.15) is 10.4 Å². The lowest BCUT2D eigenvalue weighted by molar-refractivity contribution is 0.0697. The lowest BCUT2D eigenvalue weighted by atomic mass is 10.1. The van der Waals surface area contributed by atoms with Crippen LogP contribution in [0.5, 0.6) is 0 Å². The second-order valence-corrected chi connectivity index (χ2v) is 8.61. The summed E-state index contributed by atoms with van der Waals surface area (Å²) < 4.78 is 16.9. The Kier molecular flexibility index (Phi) is 4.75. The highest BCUT2D eigenvalue weighted by molar-refractivity contribution is 7.16. The topological polar surface area (TPSA) is 65.3 Å². The second-order valence-electron chi connectivity index (χ2n) is 7.75. The monoisotopic (exact) mass is 437 g/mol. The Morgan fingerprint density at radius 3 is 2.48 bits per heavy atom. The van der Waals surface area contributed by atoms with Crippen LogP contribution >= 0.6 is 11.3 Å². The van der Waals surface area contributed by atoms with Crippen LogP contribution in [0.4, 0.5) is 10.1 Å². The van der Waals surface area contributed by atoms with Crippen molar-refractivity contribution in [1.29, 1.82) is 0 Å². The highest BCUT2D eigenvalue weighted by atomic mass is 32.1. The van der Waals surface area contributed by atoms with Crippen LogP contribution in [-0.2, 0) is 0 Å². The first kappa shape index (κ1) is 19.7. The summed E-state index contributed by atoms with van der Waals surface area (Å²) in [6.45, 7) is 3.00. The van der Waals surface area contributed by atoms with Gasteiger partial charge in [0.05, 0.1) is 22.3 Å². The standard InChI is InChI=1S/C23H20FN3O3S/c1-25-7-9-26(10-8-25)18-12-17-15(11-16(18)24)21(28)20(23(29)30)22-27(17)19(13-31-22)14-5-3-2-4-6-14/h2-6,11-13H,7-10H2,1H3,(H,29,30). The number of thiazole rings is 1. The molecule has 3 heterocycles. The van der Waals surface area contributed by atoms with E-state index in [0.29, 0.717) is 29.1 Å². The number of nitrogens with zero attached hydrogens (tertiary/aromatic N) is 3. The third-order valence-corrected chi connectivity index (χ3v) is 6.80. The van der Waals surface area contributed by atoms with Crippen molar-refractivity contribution in [3.63, 3.8) is 0 Å². The van der Waals surface area contributed by atoms with E-state index < -0.39 is 17.2 Å². The molecule has 0 aliphatic carbocycles. The van der Waals surface area contributed by atoms with E-state index in [1.165, 1.54) is 17.4 Å². The molecule has 4 aromatic rings. The Labute approximate surface area is 181 Å². The Morgan fingerprint density at radius 1 is 1.10 bits per heavy atom. The third-order valence-electron chi connectivity index (χ3n) is 5.85. The number of carboxylic acids is 1. The summed E-state index contributed by atoms with van der Waals surface area (Å²) in [7, 11) is 2.03. The molecule has 31 heavy (non-hydrogen) atoms. The molecule has 5 rings (SSSR count). The lowest BCUT2D eigenvalue weighted by Crippen LogP contribution is -2.44. The van der Waals surface area contributed by atoms with Crippen LogP contribution in [0.3, 0.4) is 0 Å². The maximum absolute atomic E-state index is 15.1. The van der Waals surface area contributed by atoms with E-state index in [0.717, 1.165) is 24.3 Å². The number of carbonyl (C=O) groups is 1. The fraction of sp³-hybridized carbons (Fsp3) is 0.217. The Hall–Kier alpha value is -3.23. The van der Waals surface area contributed by atoms with Gasteiger partial charge >= 0.3 is 5.97 Å². The van der Waals surface area contributed by atoms with Crippen molar-refractivity contribution in [1.82, 2.24) is 9.30 Å². The number of aromatic nitrogens is 1. The lowest BCUT2D eigenvalue weighted by Gasteiger charge is -2.34. The van der Waals surface area contributed by atoms with E-state index >= 15 is 4.39 Å². The molecular formula is C23H20FN3O3S. The van der Waals surface area contributed by atoms with Gasteiger partial charge in [-0.15, -0.1) is 11.3 Å². The van der Waals surface area contributed by atoms with Gasteiger partial charge in [-0.1, -0.05) is 30.3 Å².